The number of rotatable bonds is 0. The molecule has 0 spiro atoms. The lowest BCUT2D eigenvalue weighted by atomic mass is 9.91. The van der Waals surface area contributed by atoms with Crippen LogP contribution in [0.15, 0.2) is 4.99 Å². The van der Waals surface area contributed by atoms with Crippen LogP contribution in [-0.2, 0) is 4.74 Å². The standard InChI is InChI=1S/C11H18N2O2S/c1-11(2,3)15-10(14)13-7-5-8(13)9(16-4)12-6-7/h7-8H,5-6H2,1-4H3/t7-,8+/m1/s1. The fourth-order valence-electron chi connectivity index (χ4n) is 2.08. The Morgan fingerprint density at radius 1 is 1.56 bits per heavy atom. The van der Waals surface area contributed by atoms with Crippen molar-refractivity contribution in [1.82, 2.24) is 4.90 Å². The van der Waals surface area contributed by atoms with Gasteiger partial charge < -0.3 is 4.74 Å². The molecule has 4 nitrogen and oxygen atoms in total. The van der Waals surface area contributed by atoms with Gasteiger partial charge >= 0.3 is 6.09 Å². The third-order valence-electron chi connectivity index (χ3n) is 2.78. The Morgan fingerprint density at radius 3 is 2.75 bits per heavy atom. The summed E-state index contributed by atoms with van der Waals surface area (Å²) in [7, 11) is 0. The molecule has 0 unspecified atom stereocenters. The molecule has 0 aromatic carbocycles. The Hall–Kier alpha value is -0.710. The van der Waals surface area contributed by atoms with Crippen LogP contribution in [-0.4, -0.2) is 46.5 Å². The van der Waals surface area contributed by atoms with E-state index in [9.17, 15) is 4.79 Å². The number of hydrogen-bond donors (Lipinski definition) is 0. The Kier molecular flexibility index (Phi) is 2.90. The first-order valence-electron chi connectivity index (χ1n) is 5.52. The van der Waals surface area contributed by atoms with E-state index in [1.54, 1.807) is 11.8 Å². The highest BCUT2D eigenvalue weighted by atomic mass is 32.2. The number of carbonyl (C=O) groups is 1. The zero-order valence-electron chi connectivity index (χ0n) is 10.2. The van der Waals surface area contributed by atoms with Gasteiger partial charge in [-0.05, 0) is 33.4 Å². The minimum absolute atomic E-state index is 0.170. The predicted octanol–water partition coefficient (Wildman–Crippen LogP) is 2.14. The van der Waals surface area contributed by atoms with Gasteiger partial charge in [-0.1, -0.05) is 0 Å². The second-order valence-corrected chi connectivity index (χ2v) is 6.00. The van der Waals surface area contributed by atoms with Crippen molar-refractivity contribution in [3.63, 3.8) is 0 Å². The zero-order valence-corrected chi connectivity index (χ0v) is 11.0. The van der Waals surface area contributed by atoms with E-state index in [-0.39, 0.29) is 18.2 Å². The van der Waals surface area contributed by atoms with Crippen molar-refractivity contribution in [3.05, 3.63) is 0 Å². The topological polar surface area (TPSA) is 41.9 Å². The summed E-state index contributed by atoms with van der Waals surface area (Å²) in [5.41, 5.74) is -0.419. The predicted molar refractivity (Wildman–Crippen MR) is 66.1 cm³/mol. The molecule has 90 valence electrons. The minimum atomic E-state index is -0.419. The van der Waals surface area contributed by atoms with Crippen molar-refractivity contribution < 1.29 is 9.53 Å². The van der Waals surface area contributed by atoms with E-state index < -0.39 is 5.60 Å². The molecule has 5 heteroatoms. The number of fused-ring (bicyclic) bond motifs is 1. The number of aliphatic imine (C=N–C) groups is 1. The molecule has 0 aromatic rings. The molecule has 0 saturated carbocycles. The molecule has 1 amide bonds. The van der Waals surface area contributed by atoms with Crippen molar-refractivity contribution in [3.8, 4) is 0 Å². The van der Waals surface area contributed by atoms with Crippen molar-refractivity contribution in [2.24, 2.45) is 4.99 Å². The lowest BCUT2D eigenvalue weighted by Crippen LogP contribution is -2.65. The van der Waals surface area contributed by atoms with Gasteiger partial charge in [0.1, 0.15) is 5.60 Å². The molecule has 0 aromatic heterocycles. The summed E-state index contributed by atoms with van der Waals surface area (Å²) >= 11 is 1.63. The van der Waals surface area contributed by atoms with Crippen molar-refractivity contribution >= 4 is 22.9 Å². The first-order chi connectivity index (χ1) is 7.42. The molecule has 2 atom stereocenters. The van der Waals surface area contributed by atoms with Crippen LogP contribution >= 0.6 is 11.8 Å². The summed E-state index contributed by atoms with van der Waals surface area (Å²) in [5, 5.41) is 1.06. The Bertz CT molecular complexity index is 335. The Labute approximate surface area is 100 Å². The van der Waals surface area contributed by atoms with Crippen LogP contribution in [0.1, 0.15) is 27.2 Å². The van der Waals surface area contributed by atoms with Gasteiger partial charge in [0, 0.05) is 0 Å². The highest BCUT2D eigenvalue weighted by molar-refractivity contribution is 8.13. The van der Waals surface area contributed by atoms with Crippen LogP contribution in [0.2, 0.25) is 0 Å². The maximum atomic E-state index is 12.0. The van der Waals surface area contributed by atoms with Gasteiger partial charge in [0.05, 0.1) is 23.7 Å². The van der Waals surface area contributed by atoms with Crippen LogP contribution in [0.3, 0.4) is 0 Å². The normalized spacial score (nSPS) is 28.2. The van der Waals surface area contributed by atoms with Gasteiger partial charge in [-0.25, -0.2) is 4.79 Å². The van der Waals surface area contributed by atoms with Crippen LogP contribution in [0.25, 0.3) is 0 Å². The largest absolute Gasteiger partial charge is 0.444 e. The summed E-state index contributed by atoms with van der Waals surface area (Å²) in [5.74, 6) is 0. The third kappa shape index (κ3) is 2.05. The van der Waals surface area contributed by atoms with Crippen molar-refractivity contribution in [1.29, 1.82) is 0 Å². The van der Waals surface area contributed by atoms with Crippen molar-refractivity contribution in [2.45, 2.75) is 44.9 Å². The van der Waals surface area contributed by atoms with E-state index in [0.717, 1.165) is 18.0 Å². The quantitative estimate of drug-likeness (QED) is 0.653. The Balaban J connectivity index is 2.03. The summed E-state index contributed by atoms with van der Waals surface area (Å²) in [6.07, 6.45) is 2.85. The van der Waals surface area contributed by atoms with E-state index in [4.69, 9.17) is 4.74 Å². The number of hydrogen-bond acceptors (Lipinski definition) is 4. The second-order valence-electron chi connectivity index (χ2n) is 5.18. The van der Waals surface area contributed by atoms with Gasteiger partial charge in [-0.15, -0.1) is 11.8 Å². The van der Waals surface area contributed by atoms with Crippen molar-refractivity contribution in [2.75, 3.05) is 12.8 Å². The maximum absolute atomic E-state index is 12.0. The molecule has 0 aliphatic carbocycles. The molecule has 1 fully saturated rings. The average Bonchev–Trinajstić information content (AvgIpc) is 2.14. The molecular formula is C11H18N2O2S. The lowest BCUT2D eigenvalue weighted by Gasteiger charge is -2.50. The summed E-state index contributed by atoms with van der Waals surface area (Å²) in [4.78, 5) is 18.2. The highest BCUT2D eigenvalue weighted by Gasteiger charge is 2.48. The first-order valence-corrected chi connectivity index (χ1v) is 6.74. The molecule has 3 aliphatic rings. The molecular weight excluding hydrogens is 224 g/mol. The van der Waals surface area contributed by atoms with Crippen LogP contribution < -0.4 is 0 Å². The number of carbonyl (C=O) groups excluding carboxylic acids is 1. The number of ether oxygens (including phenoxy) is 1. The second kappa shape index (κ2) is 3.95. The molecule has 0 radical (unpaired) electrons. The maximum Gasteiger partial charge on any atom is 0.411 e. The Morgan fingerprint density at radius 2 is 2.25 bits per heavy atom. The zero-order chi connectivity index (χ0) is 11.9. The molecule has 2 bridgehead atoms. The van der Waals surface area contributed by atoms with E-state index in [2.05, 4.69) is 4.99 Å². The van der Waals surface area contributed by atoms with E-state index in [0.29, 0.717) is 0 Å². The lowest BCUT2D eigenvalue weighted by molar-refractivity contribution is -0.0167. The van der Waals surface area contributed by atoms with Gasteiger partial charge in [-0.2, -0.15) is 0 Å². The van der Waals surface area contributed by atoms with Crippen LogP contribution in [0, 0.1) is 0 Å². The molecule has 16 heavy (non-hydrogen) atoms. The summed E-state index contributed by atoms with van der Waals surface area (Å²) < 4.78 is 5.39. The van der Waals surface area contributed by atoms with E-state index >= 15 is 0 Å². The van der Waals surface area contributed by atoms with E-state index in [1.807, 2.05) is 31.9 Å². The SMILES string of the molecule is CSC1=NC[C@H]2C[C@@H]1N2C(=O)OC(C)(C)C. The summed E-state index contributed by atoms with van der Waals surface area (Å²) in [6, 6.07) is 0.430. The highest BCUT2D eigenvalue weighted by Crippen LogP contribution is 2.35. The fourth-order valence-corrected chi connectivity index (χ4v) is 2.76. The van der Waals surface area contributed by atoms with Gasteiger partial charge in [-0.3, -0.25) is 9.89 Å². The number of nitrogens with zero attached hydrogens (tertiary/aromatic N) is 2. The van der Waals surface area contributed by atoms with Gasteiger partial charge in [0.2, 0.25) is 0 Å². The minimum Gasteiger partial charge on any atom is -0.444 e. The fraction of sp³-hybridized carbons (Fsp3) is 0.818. The third-order valence-corrected chi connectivity index (χ3v) is 3.60. The van der Waals surface area contributed by atoms with Gasteiger partial charge in [0.25, 0.3) is 0 Å². The number of thioether (sulfide) groups is 1. The monoisotopic (exact) mass is 242 g/mol. The summed E-state index contributed by atoms with van der Waals surface area (Å²) in [6.45, 7) is 6.41. The van der Waals surface area contributed by atoms with Gasteiger partial charge in [0.15, 0.2) is 0 Å². The van der Waals surface area contributed by atoms with Crippen LogP contribution in [0.4, 0.5) is 4.79 Å². The van der Waals surface area contributed by atoms with E-state index in [1.165, 1.54) is 0 Å². The number of amides is 1. The smallest absolute Gasteiger partial charge is 0.411 e. The molecule has 1 saturated heterocycles. The molecule has 3 aliphatic heterocycles. The molecule has 3 heterocycles. The van der Waals surface area contributed by atoms with Crippen LogP contribution in [0.5, 0.6) is 0 Å². The first kappa shape index (κ1) is 11.8. The molecule has 0 N–H and O–H groups in total. The molecule has 3 rings (SSSR count). The average molecular weight is 242 g/mol.